The van der Waals surface area contributed by atoms with Crippen LogP contribution in [0.3, 0.4) is 0 Å². The number of rotatable bonds is 5. The lowest BCUT2D eigenvalue weighted by Gasteiger charge is -2.32. The third-order valence-electron chi connectivity index (χ3n) is 4.85. The lowest BCUT2D eigenvalue weighted by atomic mass is 10.0. The monoisotopic (exact) mass is 317 g/mol. The first-order valence-corrected chi connectivity index (χ1v) is 8.67. The molecule has 2 aliphatic heterocycles. The number of nitrogens with one attached hydrogen (secondary N) is 1. The van der Waals surface area contributed by atoms with E-state index in [1.807, 2.05) is 6.07 Å². The largest absolute Gasteiger partial charge is 0.364 e. The Morgan fingerprint density at radius 3 is 2.57 bits per heavy atom. The lowest BCUT2D eigenvalue weighted by molar-refractivity contribution is -0.132. The number of likely N-dealkylation sites (tertiary alicyclic amines) is 1. The van der Waals surface area contributed by atoms with Crippen LogP contribution in [-0.2, 0) is 16.1 Å². The molecule has 1 aromatic carbocycles. The Bertz CT molecular complexity index is 500. The minimum Gasteiger partial charge on any atom is -0.364 e. The zero-order valence-electron chi connectivity index (χ0n) is 13.6. The molecule has 1 aromatic rings. The molecule has 0 spiro atoms. The highest BCUT2D eigenvalue weighted by molar-refractivity contribution is 5.81. The van der Waals surface area contributed by atoms with Gasteiger partial charge in [0.1, 0.15) is 6.10 Å². The normalized spacial score (nSPS) is 26.3. The molecular weight excluding hydrogens is 290 g/mol. The van der Waals surface area contributed by atoms with Crippen molar-refractivity contribution in [2.24, 2.45) is 5.73 Å². The summed E-state index contributed by atoms with van der Waals surface area (Å²) in [6.45, 7) is 3.54. The summed E-state index contributed by atoms with van der Waals surface area (Å²) in [7, 11) is 0. The first-order chi connectivity index (χ1) is 11.2. The van der Waals surface area contributed by atoms with Gasteiger partial charge in [0.05, 0.1) is 6.10 Å². The van der Waals surface area contributed by atoms with E-state index < -0.39 is 0 Å². The summed E-state index contributed by atoms with van der Waals surface area (Å²) >= 11 is 0. The maximum Gasteiger partial charge on any atom is 0.249 e. The number of ether oxygens (including phenoxy) is 1. The van der Waals surface area contributed by atoms with Crippen molar-refractivity contribution >= 4 is 5.91 Å². The van der Waals surface area contributed by atoms with E-state index in [-0.39, 0.29) is 24.2 Å². The molecule has 3 rings (SSSR count). The quantitative estimate of drug-likeness (QED) is 0.858. The second-order valence-electron chi connectivity index (χ2n) is 6.60. The summed E-state index contributed by atoms with van der Waals surface area (Å²) in [6.07, 6.45) is 3.45. The molecule has 2 heterocycles. The number of carbonyl (C=O) groups excluding carboxylic acids is 1. The van der Waals surface area contributed by atoms with Gasteiger partial charge in [0, 0.05) is 32.2 Å². The van der Waals surface area contributed by atoms with Crippen molar-refractivity contribution in [1.82, 2.24) is 10.2 Å². The molecule has 126 valence electrons. The van der Waals surface area contributed by atoms with Gasteiger partial charge in [0.2, 0.25) is 5.91 Å². The minimum absolute atomic E-state index is 0.0439. The zero-order chi connectivity index (χ0) is 16.1. The van der Waals surface area contributed by atoms with E-state index in [0.29, 0.717) is 6.54 Å². The van der Waals surface area contributed by atoms with E-state index in [0.717, 1.165) is 45.3 Å². The first kappa shape index (κ1) is 16.4. The number of benzene rings is 1. The summed E-state index contributed by atoms with van der Waals surface area (Å²) in [6, 6.07) is 10.8. The van der Waals surface area contributed by atoms with Gasteiger partial charge in [-0.05, 0) is 31.2 Å². The second kappa shape index (κ2) is 7.90. The van der Waals surface area contributed by atoms with Crippen LogP contribution in [-0.4, -0.2) is 48.7 Å². The zero-order valence-corrected chi connectivity index (χ0v) is 13.6. The van der Waals surface area contributed by atoms with Gasteiger partial charge < -0.3 is 15.8 Å². The molecule has 3 N–H and O–H groups in total. The Labute approximate surface area is 138 Å². The maximum absolute atomic E-state index is 12.3. The molecule has 2 atom stereocenters. The summed E-state index contributed by atoms with van der Waals surface area (Å²) in [5, 5.41) is 3.16. The van der Waals surface area contributed by atoms with Gasteiger partial charge in [-0.3, -0.25) is 9.69 Å². The maximum atomic E-state index is 12.3. The average molecular weight is 317 g/mol. The topological polar surface area (TPSA) is 67.6 Å². The smallest absolute Gasteiger partial charge is 0.249 e. The molecule has 23 heavy (non-hydrogen) atoms. The summed E-state index contributed by atoms with van der Waals surface area (Å²) < 4.78 is 5.67. The van der Waals surface area contributed by atoms with Crippen molar-refractivity contribution in [3.8, 4) is 0 Å². The highest BCUT2D eigenvalue weighted by Crippen LogP contribution is 2.20. The molecule has 0 unspecified atom stereocenters. The second-order valence-corrected chi connectivity index (χ2v) is 6.60. The van der Waals surface area contributed by atoms with Crippen LogP contribution in [0.1, 0.15) is 31.2 Å². The Morgan fingerprint density at radius 2 is 1.91 bits per heavy atom. The fourth-order valence-corrected chi connectivity index (χ4v) is 3.44. The van der Waals surface area contributed by atoms with E-state index in [1.54, 1.807) is 0 Å². The van der Waals surface area contributed by atoms with Crippen LogP contribution in [0.2, 0.25) is 0 Å². The summed E-state index contributed by atoms with van der Waals surface area (Å²) in [5.41, 5.74) is 6.95. The highest BCUT2D eigenvalue weighted by atomic mass is 16.5. The van der Waals surface area contributed by atoms with Crippen molar-refractivity contribution < 1.29 is 9.53 Å². The van der Waals surface area contributed by atoms with Crippen molar-refractivity contribution in [1.29, 1.82) is 0 Å². The third kappa shape index (κ3) is 4.53. The molecule has 0 radical (unpaired) electrons. The van der Waals surface area contributed by atoms with E-state index in [2.05, 4.69) is 34.5 Å². The molecule has 5 nitrogen and oxygen atoms in total. The fraction of sp³-hybridized carbons (Fsp3) is 0.611. The van der Waals surface area contributed by atoms with Crippen LogP contribution in [0.5, 0.6) is 0 Å². The Hall–Kier alpha value is -1.43. The molecule has 2 saturated heterocycles. The Morgan fingerprint density at radius 1 is 1.17 bits per heavy atom. The first-order valence-electron chi connectivity index (χ1n) is 8.67. The Balaban J connectivity index is 1.40. The predicted octanol–water partition coefficient (Wildman–Crippen LogP) is 1.27. The number of hydrogen-bond donors (Lipinski definition) is 2. The molecule has 0 bridgehead atoms. The third-order valence-corrected chi connectivity index (χ3v) is 4.85. The van der Waals surface area contributed by atoms with Crippen LogP contribution < -0.4 is 11.1 Å². The van der Waals surface area contributed by atoms with Gasteiger partial charge in [-0.1, -0.05) is 30.3 Å². The lowest BCUT2D eigenvalue weighted by Crippen LogP contribution is -2.47. The fourth-order valence-electron chi connectivity index (χ4n) is 3.44. The number of piperidine rings is 1. The van der Waals surface area contributed by atoms with Crippen LogP contribution in [0.15, 0.2) is 30.3 Å². The van der Waals surface area contributed by atoms with Crippen molar-refractivity contribution in [3.63, 3.8) is 0 Å². The van der Waals surface area contributed by atoms with E-state index in [1.165, 1.54) is 5.56 Å². The van der Waals surface area contributed by atoms with E-state index >= 15 is 0 Å². The Kier molecular flexibility index (Phi) is 5.65. The number of hydrogen-bond acceptors (Lipinski definition) is 4. The molecule has 2 fully saturated rings. The van der Waals surface area contributed by atoms with Crippen LogP contribution >= 0.6 is 0 Å². The number of nitrogens with zero attached hydrogens (tertiary/aromatic N) is 1. The molecule has 0 saturated carbocycles. The van der Waals surface area contributed by atoms with Gasteiger partial charge in [0.25, 0.3) is 0 Å². The van der Waals surface area contributed by atoms with Gasteiger partial charge >= 0.3 is 0 Å². The SMILES string of the molecule is NC[C@H]1CC[C@@H](C(=O)NC2CCN(Cc3ccccc3)CC2)O1. The molecule has 0 aromatic heterocycles. The van der Waals surface area contributed by atoms with E-state index in [9.17, 15) is 4.79 Å². The van der Waals surface area contributed by atoms with Crippen LogP contribution in [0.4, 0.5) is 0 Å². The highest BCUT2D eigenvalue weighted by Gasteiger charge is 2.31. The van der Waals surface area contributed by atoms with Gasteiger partial charge in [0.15, 0.2) is 0 Å². The minimum atomic E-state index is -0.300. The molecular formula is C18H27N3O2. The van der Waals surface area contributed by atoms with Crippen LogP contribution in [0.25, 0.3) is 0 Å². The van der Waals surface area contributed by atoms with Gasteiger partial charge in [-0.25, -0.2) is 0 Å². The molecule has 2 aliphatic rings. The molecule has 5 heteroatoms. The number of carbonyl (C=O) groups is 1. The summed E-state index contributed by atoms with van der Waals surface area (Å²) in [5.74, 6) is 0.0439. The van der Waals surface area contributed by atoms with Crippen LogP contribution in [0, 0.1) is 0 Å². The van der Waals surface area contributed by atoms with E-state index in [4.69, 9.17) is 10.5 Å². The van der Waals surface area contributed by atoms with Crippen molar-refractivity contribution in [2.75, 3.05) is 19.6 Å². The summed E-state index contributed by atoms with van der Waals surface area (Å²) in [4.78, 5) is 14.7. The van der Waals surface area contributed by atoms with Gasteiger partial charge in [-0.2, -0.15) is 0 Å². The molecule has 1 amide bonds. The molecule has 0 aliphatic carbocycles. The standard InChI is InChI=1S/C18H27N3O2/c19-12-16-6-7-17(23-16)18(22)20-15-8-10-21(11-9-15)13-14-4-2-1-3-5-14/h1-5,15-17H,6-13,19H2,(H,20,22)/t16-,17+/m1/s1. The average Bonchev–Trinajstić information content (AvgIpc) is 3.07. The number of amides is 1. The predicted molar refractivity (Wildman–Crippen MR) is 89.8 cm³/mol. The van der Waals surface area contributed by atoms with Crippen molar-refractivity contribution in [3.05, 3.63) is 35.9 Å². The van der Waals surface area contributed by atoms with Gasteiger partial charge in [-0.15, -0.1) is 0 Å². The van der Waals surface area contributed by atoms with Crippen molar-refractivity contribution in [2.45, 2.75) is 50.5 Å². The number of nitrogens with two attached hydrogens (primary N) is 1.